The van der Waals surface area contributed by atoms with Crippen LogP contribution in [0.1, 0.15) is 43.9 Å². The van der Waals surface area contributed by atoms with E-state index in [4.69, 9.17) is 0 Å². The van der Waals surface area contributed by atoms with Crippen LogP contribution in [-0.2, 0) is 21.8 Å². The summed E-state index contributed by atoms with van der Waals surface area (Å²) < 4.78 is 0. The van der Waals surface area contributed by atoms with Gasteiger partial charge in [0.25, 0.3) is 0 Å². The SMILES string of the molecule is CC[C@@H](C)NC(=O)[C@@H](C)N(CCc1ccccc1)C(=O)CSCc1cccc(C)c1. The molecule has 2 aromatic rings. The van der Waals surface area contributed by atoms with E-state index < -0.39 is 6.04 Å². The number of nitrogens with one attached hydrogen (secondary N) is 1. The van der Waals surface area contributed by atoms with E-state index in [1.165, 1.54) is 11.1 Å². The molecule has 0 unspecified atom stereocenters. The van der Waals surface area contributed by atoms with Crippen molar-refractivity contribution in [2.45, 2.75) is 58.4 Å². The van der Waals surface area contributed by atoms with Gasteiger partial charge in [0, 0.05) is 18.3 Å². The molecule has 5 heteroatoms. The molecule has 1 N–H and O–H groups in total. The highest BCUT2D eigenvalue weighted by Crippen LogP contribution is 2.16. The highest BCUT2D eigenvalue weighted by molar-refractivity contribution is 7.99. The van der Waals surface area contributed by atoms with Gasteiger partial charge in [0.2, 0.25) is 11.8 Å². The van der Waals surface area contributed by atoms with Crippen molar-refractivity contribution in [3.8, 4) is 0 Å². The van der Waals surface area contributed by atoms with Crippen molar-refractivity contribution in [1.29, 1.82) is 0 Å². The first-order valence-electron chi connectivity index (χ1n) is 10.7. The molecule has 0 fully saturated rings. The van der Waals surface area contributed by atoms with Crippen LogP contribution in [0.25, 0.3) is 0 Å². The Hall–Kier alpha value is -2.27. The second-order valence-corrected chi connectivity index (χ2v) is 8.78. The van der Waals surface area contributed by atoms with Crippen molar-refractivity contribution < 1.29 is 9.59 Å². The summed E-state index contributed by atoms with van der Waals surface area (Å²) in [5, 5.41) is 3.01. The zero-order valence-electron chi connectivity index (χ0n) is 18.6. The maximum Gasteiger partial charge on any atom is 0.242 e. The van der Waals surface area contributed by atoms with Crippen LogP contribution in [0.3, 0.4) is 0 Å². The van der Waals surface area contributed by atoms with Crippen LogP contribution in [0.2, 0.25) is 0 Å². The fourth-order valence-electron chi connectivity index (χ4n) is 3.18. The highest BCUT2D eigenvalue weighted by atomic mass is 32.2. The number of aryl methyl sites for hydroxylation is 1. The first kappa shape index (κ1) is 24.0. The van der Waals surface area contributed by atoms with Crippen LogP contribution in [-0.4, -0.2) is 41.1 Å². The van der Waals surface area contributed by atoms with Crippen molar-refractivity contribution in [1.82, 2.24) is 10.2 Å². The molecule has 0 spiro atoms. The molecule has 0 bridgehead atoms. The minimum Gasteiger partial charge on any atom is -0.352 e. The van der Waals surface area contributed by atoms with Crippen molar-refractivity contribution >= 4 is 23.6 Å². The van der Waals surface area contributed by atoms with Gasteiger partial charge in [-0.05, 0) is 44.7 Å². The molecule has 0 heterocycles. The molecule has 0 radical (unpaired) electrons. The Balaban J connectivity index is 2.00. The molecule has 0 saturated heterocycles. The summed E-state index contributed by atoms with van der Waals surface area (Å²) in [5.41, 5.74) is 3.60. The van der Waals surface area contributed by atoms with Gasteiger partial charge in [0.1, 0.15) is 6.04 Å². The van der Waals surface area contributed by atoms with Crippen LogP contribution >= 0.6 is 11.8 Å². The Morgan fingerprint density at radius 3 is 2.40 bits per heavy atom. The summed E-state index contributed by atoms with van der Waals surface area (Å²) in [6.45, 7) is 8.45. The number of carbonyl (C=O) groups excluding carboxylic acids is 2. The minimum atomic E-state index is -0.491. The summed E-state index contributed by atoms with van der Waals surface area (Å²) in [4.78, 5) is 27.5. The van der Waals surface area contributed by atoms with E-state index in [1.807, 2.05) is 45.0 Å². The molecule has 2 aromatic carbocycles. The lowest BCUT2D eigenvalue weighted by atomic mass is 10.1. The molecule has 0 aliphatic carbocycles. The average molecular weight is 427 g/mol. The Kier molecular flexibility index (Phi) is 9.95. The first-order chi connectivity index (χ1) is 14.4. The molecule has 0 aliphatic heterocycles. The second kappa shape index (κ2) is 12.4. The zero-order chi connectivity index (χ0) is 21.9. The van der Waals surface area contributed by atoms with E-state index >= 15 is 0 Å². The quantitative estimate of drug-likeness (QED) is 0.571. The Bertz CT molecular complexity index is 810. The molecule has 0 aliphatic rings. The van der Waals surface area contributed by atoms with Gasteiger partial charge in [0.05, 0.1) is 5.75 Å². The normalized spacial score (nSPS) is 12.8. The molecule has 2 rings (SSSR count). The van der Waals surface area contributed by atoms with Gasteiger partial charge in [-0.2, -0.15) is 0 Å². The average Bonchev–Trinajstić information content (AvgIpc) is 2.74. The van der Waals surface area contributed by atoms with Gasteiger partial charge < -0.3 is 10.2 Å². The highest BCUT2D eigenvalue weighted by Gasteiger charge is 2.26. The van der Waals surface area contributed by atoms with Gasteiger partial charge in [-0.25, -0.2) is 0 Å². The number of hydrogen-bond acceptors (Lipinski definition) is 3. The summed E-state index contributed by atoms with van der Waals surface area (Å²) >= 11 is 1.60. The Labute approximate surface area is 185 Å². The van der Waals surface area contributed by atoms with Crippen LogP contribution in [0.15, 0.2) is 54.6 Å². The fraction of sp³-hybridized carbons (Fsp3) is 0.440. The molecule has 4 nitrogen and oxygen atoms in total. The van der Waals surface area contributed by atoms with Crippen molar-refractivity contribution in [3.05, 3.63) is 71.3 Å². The van der Waals surface area contributed by atoms with Crippen LogP contribution < -0.4 is 5.32 Å². The topological polar surface area (TPSA) is 49.4 Å². The number of hydrogen-bond donors (Lipinski definition) is 1. The van der Waals surface area contributed by atoms with E-state index in [0.29, 0.717) is 12.3 Å². The Morgan fingerprint density at radius 2 is 1.73 bits per heavy atom. The second-order valence-electron chi connectivity index (χ2n) is 7.80. The predicted octanol–water partition coefficient (Wildman–Crippen LogP) is 4.60. The molecule has 0 saturated carbocycles. The van der Waals surface area contributed by atoms with E-state index in [1.54, 1.807) is 16.7 Å². The summed E-state index contributed by atoms with van der Waals surface area (Å²) in [6, 6.07) is 18.0. The van der Waals surface area contributed by atoms with Crippen molar-refractivity contribution in [3.63, 3.8) is 0 Å². The van der Waals surface area contributed by atoms with E-state index in [9.17, 15) is 9.59 Å². The number of thioether (sulfide) groups is 1. The Morgan fingerprint density at radius 1 is 1.03 bits per heavy atom. The maximum absolute atomic E-state index is 13.0. The predicted molar refractivity (Wildman–Crippen MR) is 127 cm³/mol. The molecule has 162 valence electrons. The third-order valence-electron chi connectivity index (χ3n) is 5.23. The van der Waals surface area contributed by atoms with Crippen molar-refractivity contribution in [2.75, 3.05) is 12.3 Å². The zero-order valence-corrected chi connectivity index (χ0v) is 19.4. The number of rotatable bonds is 11. The lowest BCUT2D eigenvalue weighted by Crippen LogP contribution is -2.51. The monoisotopic (exact) mass is 426 g/mol. The molecule has 0 aromatic heterocycles. The van der Waals surface area contributed by atoms with Gasteiger partial charge in [-0.1, -0.05) is 67.1 Å². The van der Waals surface area contributed by atoms with Gasteiger partial charge in [0.15, 0.2) is 0 Å². The third-order valence-corrected chi connectivity index (χ3v) is 6.22. The van der Waals surface area contributed by atoms with Crippen LogP contribution in [0.4, 0.5) is 0 Å². The first-order valence-corrected chi connectivity index (χ1v) is 11.8. The van der Waals surface area contributed by atoms with E-state index in [-0.39, 0.29) is 17.9 Å². The minimum absolute atomic E-state index is 0.00962. The smallest absolute Gasteiger partial charge is 0.242 e. The third kappa shape index (κ3) is 7.86. The van der Waals surface area contributed by atoms with Gasteiger partial charge in [-0.3, -0.25) is 9.59 Å². The molecule has 2 amide bonds. The standard InChI is InChI=1S/C25H34N2O2S/c1-5-20(3)26-25(29)21(4)27(15-14-22-11-7-6-8-12-22)24(28)18-30-17-23-13-9-10-19(2)16-23/h6-13,16,20-21H,5,14-15,17-18H2,1-4H3,(H,26,29)/t20-,21-/m1/s1. The molecule has 30 heavy (non-hydrogen) atoms. The molecule has 2 atom stereocenters. The molecular weight excluding hydrogens is 392 g/mol. The number of benzene rings is 2. The summed E-state index contributed by atoms with van der Waals surface area (Å²) in [7, 11) is 0. The van der Waals surface area contributed by atoms with Crippen LogP contribution in [0.5, 0.6) is 0 Å². The van der Waals surface area contributed by atoms with Gasteiger partial charge in [-0.15, -0.1) is 11.8 Å². The number of carbonyl (C=O) groups is 2. The fourth-order valence-corrected chi connectivity index (χ4v) is 4.03. The van der Waals surface area contributed by atoms with Gasteiger partial charge >= 0.3 is 0 Å². The van der Waals surface area contributed by atoms with E-state index in [2.05, 4.69) is 42.6 Å². The summed E-state index contributed by atoms with van der Waals surface area (Å²) in [5.74, 6) is 1.07. The van der Waals surface area contributed by atoms with E-state index in [0.717, 1.165) is 24.2 Å². The number of amides is 2. The maximum atomic E-state index is 13.0. The van der Waals surface area contributed by atoms with Crippen molar-refractivity contribution in [2.24, 2.45) is 0 Å². The lowest BCUT2D eigenvalue weighted by molar-refractivity contribution is -0.138. The van der Waals surface area contributed by atoms with Crippen LogP contribution in [0, 0.1) is 6.92 Å². The summed E-state index contributed by atoms with van der Waals surface area (Å²) in [6.07, 6.45) is 1.60. The molecular formula is C25H34N2O2S. The number of nitrogens with zero attached hydrogens (tertiary/aromatic N) is 1. The largest absolute Gasteiger partial charge is 0.352 e. The lowest BCUT2D eigenvalue weighted by Gasteiger charge is -2.29.